The maximum atomic E-state index is 13.0. The minimum Gasteiger partial charge on any atom is -0.348 e. The van der Waals surface area contributed by atoms with Crippen LogP contribution in [-0.2, 0) is 0 Å². The number of nitrogens with one attached hydrogen (secondary N) is 2. The molecule has 0 aliphatic heterocycles. The Balaban J connectivity index is 2.16. The summed E-state index contributed by atoms with van der Waals surface area (Å²) in [5, 5.41) is 7.52. The molecular weight excluding hydrogens is 364 g/mol. The van der Waals surface area contributed by atoms with E-state index in [0.29, 0.717) is 28.4 Å². The van der Waals surface area contributed by atoms with Crippen LogP contribution >= 0.6 is 0 Å². The van der Waals surface area contributed by atoms with Gasteiger partial charge in [0.25, 0.3) is 11.5 Å². The number of nitrogens with zero attached hydrogens (tertiary/aromatic N) is 2. The van der Waals surface area contributed by atoms with Gasteiger partial charge in [0.05, 0.1) is 11.9 Å². The van der Waals surface area contributed by atoms with Crippen molar-refractivity contribution in [1.82, 2.24) is 19.9 Å². The number of aryl methyl sites for hydroxylation is 2. The Bertz CT molecular complexity index is 1120. The third-order valence-electron chi connectivity index (χ3n) is 5.63. The molecule has 0 unspecified atom stereocenters. The predicted octanol–water partition coefficient (Wildman–Crippen LogP) is 4.20. The first-order valence-electron chi connectivity index (χ1n) is 10.1. The smallest absolute Gasteiger partial charge is 0.274 e. The topological polar surface area (TPSA) is 79.3 Å². The molecule has 0 spiro atoms. The van der Waals surface area contributed by atoms with Crippen LogP contribution in [0, 0.1) is 19.8 Å². The number of rotatable bonds is 5. The normalized spacial score (nSPS) is 12.7. The van der Waals surface area contributed by atoms with Gasteiger partial charge in [-0.2, -0.15) is 5.10 Å². The van der Waals surface area contributed by atoms with Gasteiger partial charge >= 0.3 is 0 Å². The van der Waals surface area contributed by atoms with E-state index < -0.39 is 0 Å². The monoisotopic (exact) mass is 394 g/mol. The van der Waals surface area contributed by atoms with Gasteiger partial charge in [-0.1, -0.05) is 39.8 Å². The third kappa shape index (κ3) is 3.97. The van der Waals surface area contributed by atoms with Crippen LogP contribution in [0.1, 0.15) is 67.7 Å². The molecule has 0 aliphatic rings. The number of fused-ring (bicyclic) bond motifs is 1. The van der Waals surface area contributed by atoms with Crippen LogP contribution in [-0.4, -0.2) is 26.5 Å². The van der Waals surface area contributed by atoms with Gasteiger partial charge in [0.15, 0.2) is 5.69 Å². The molecule has 0 saturated heterocycles. The van der Waals surface area contributed by atoms with Gasteiger partial charge in [-0.25, -0.2) is 4.52 Å². The van der Waals surface area contributed by atoms with E-state index in [1.165, 1.54) is 5.56 Å². The summed E-state index contributed by atoms with van der Waals surface area (Å²) in [7, 11) is 0. The van der Waals surface area contributed by atoms with Crippen LogP contribution in [0.5, 0.6) is 0 Å². The van der Waals surface area contributed by atoms with Gasteiger partial charge in [-0.05, 0) is 55.4 Å². The first-order chi connectivity index (χ1) is 13.6. The lowest BCUT2D eigenvalue weighted by Crippen LogP contribution is -2.36. The number of hydrogen-bond acceptors (Lipinski definition) is 3. The summed E-state index contributed by atoms with van der Waals surface area (Å²) in [5.74, 6) is 0.0418. The number of carbonyl (C=O) groups excluding carboxylic acids is 1. The van der Waals surface area contributed by atoms with E-state index in [1.807, 2.05) is 45.9 Å². The Kier molecular flexibility index (Phi) is 5.64. The quantitative estimate of drug-likeness (QED) is 0.680. The Morgan fingerprint density at radius 3 is 2.38 bits per heavy atom. The number of aromatic nitrogens is 3. The molecule has 6 heteroatoms. The fourth-order valence-corrected chi connectivity index (χ4v) is 3.32. The van der Waals surface area contributed by atoms with Gasteiger partial charge in [0.1, 0.15) is 5.52 Å². The Hall–Kier alpha value is -2.89. The standard InChI is InChI=1S/C23H30N4O2/c1-12(2)16(7)24-22(28)20-19(13(3)4)21-23(29)25-18(11-27(21)26-20)17-9-8-14(5)15(6)10-17/h8-13,16H,1-7H3,(H,24,28)(H,25,29)/t16-/m1/s1. The molecule has 2 N–H and O–H groups in total. The fourth-order valence-electron chi connectivity index (χ4n) is 3.32. The average Bonchev–Trinajstić information content (AvgIpc) is 3.04. The third-order valence-corrected chi connectivity index (χ3v) is 5.63. The van der Waals surface area contributed by atoms with Crippen molar-refractivity contribution in [1.29, 1.82) is 0 Å². The molecule has 2 heterocycles. The van der Waals surface area contributed by atoms with Crippen molar-refractivity contribution in [3.63, 3.8) is 0 Å². The molecule has 0 fully saturated rings. The first kappa shape index (κ1) is 20.8. The zero-order valence-electron chi connectivity index (χ0n) is 18.3. The highest BCUT2D eigenvalue weighted by Gasteiger charge is 2.25. The van der Waals surface area contributed by atoms with Crippen molar-refractivity contribution in [3.05, 3.63) is 57.1 Å². The number of amides is 1. The van der Waals surface area contributed by atoms with E-state index in [1.54, 1.807) is 10.7 Å². The predicted molar refractivity (Wildman–Crippen MR) is 117 cm³/mol. The van der Waals surface area contributed by atoms with E-state index >= 15 is 0 Å². The van der Waals surface area contributed by atoms with Gasteiger partial charge in [-0.3, -0.25) is 9.59 Å². The molecule has 3 rings (SSSR count). The highest BCUT2D eigenvalue weighted by Crippen LogP contribution is 2.25. The summed E-state index contributed by atoms with van der Waals surface area (Å²) in [6.45, 7) is 14.1. The van der Waals surface area contributed by atoms with Crippen molar-refractivity contribution in [3.8, 4) is 11.3 Å². The molecule has 2 aromatic heterocycles. The van der Waals surface area contributed by atoms with E-state index in [2.05, 4.69) is 36.2 Å². The Morgan fingerprint density at radius 1 is 1.10 bits per heavy atom. The molecule has 1 aromatic carbocycles. The molecule has 0 radical (unpaired) electrons. The van der Waals surface area contributed by atoms with E-state index in [4.69, 9.17) is 0 Å². The molecule has 0 aliphatic carbocycles. The summed E-state index contributed by atoms with van der Waals surface area (Å²) in [5.41, 5.74) is 5.09. The number of hydrogen-bond donors (Lipinski definition) is 2. The zero-order chi connectivity index (χ0) is 21.5. The van der Waals surface area contributed by atoms with Gasteiger partial charge in [0, 0.05) is 11.6 Å². The maximum Gasteiger partial charge on any atom is 0.274 e. The fraction of sp³-hybridized carbons (Fsp3) is 0.435. The zero-order valence-corrected chi connectivity index (χ0v) is 18.3. The molecule has 0 bridgehead atoms. The lowest BCUT2D eigenvalue weighted by atomic mass is 10.0. The highest BCUT2D eigenvalue weighted by molar-refractivity contribution is 5.96. The molecule has 29 heavy (non-hydrogen) atoms. The molecule has 6 nitrogen and oxygen atoms in total. The molecule has 154 valence electrons. The number of H-pyrrole nitrogens is 1. The van der Waals surface area contributed by atoms with Crippen molar-refractivity contribution < 1.29 is 4.79 Å². The van der Waals surface area contributed by atoms with Crippen LogP contribution in [0.25, 0.3) is 16.8 Å². The lowest BCUT2D eigenvalue weighted by molar-refractivity contribution is 0.0924. The number of aromatic amines is 1. The van der Waals surface area contributed by atoms with E-state index in [9.17, 15) is 9.59 Å². The second-order valence-corrected chi connectivity index (χ2v) is 8.51. The SMILES string of the molecule is Cc1ccc(-c2cn3nc(C(=O)N[C@H](C)C(C)C)c(C(C)C)c3c(=O)[nH]2)cc1C. The highest BCUT2D eigenvalue weighted by atomic mass is 16.2. The summed E-state index contributed by atoms with van der Waals surface area (Å²) in [6, 6.07) is 6.06. The van der Waals surface area contributed by atoms with Crippen molar-refractivity contribution in [2.24, 2.45) is 5.92 Å². The summed E-state index contributed by atoms with van der Waals surface area (Å²) in [6.07, 6.45) is 1.79. The number of carbonyl (C=O) groups is 1. The maximum absolute atomic E-state index is 13.0. The molecule has 0 saturated carbocycles. The largest absolute Gasteiger partial charge is 0.348 e. The molecular formula is C23H30N4O2. The van der Waals surface area contributed by atoms with Crippen LogP contribution in [0.15, 0.2) is 29.2 Å². The van der Waals surface area contributed by atoms with Crippen molar-refractivity contribution in [2.45, 2.75) is 60.4 Å². The number of benzene rings is 1. The van der Waals surface area contributed by atoms with Gasteiger partial charge in [0.2, 0.25) is 0 Å². The Morgan fingerprint density at radius 2 is 1.79 bits per heavy atom. The second-order valence-electron chi connectivity index (χ2n) is 8.51. The molecule has 1 atom stereocenters. The summed E-state index contributed by atoms with van der Waals surface area (Å²) < 4.78 is 1.55. The summed E-state index contributed by atoms with van der Waals surface area (Å²) in [4.78, 5) is 28.8. The molecule has 3 aromatic rings. The van der Waals surface area contributed by atoms with Crippen LogP contribution < -0.4 is 10.9 Å². The lowest BCUT2D eigenvalue weighted by Gasteiger charge is -2.17. The van der Waals surface area contributed by atoms with E-state index in [0.717, 1.165) is 11.1 Å². The van der Waals surface area contributed by atoms with Gasteiger partial charge in [-0.15, -0.1) is 0 Å². The molecule has 1 amide bonds. The second kappa shape index (κ2) is 7.85. The Labute approximate surface area is 171 Å². The average molecular weight is 395 g/mol. The van der Waals surface area contributed by atoms with Gasteiger partial charge < -0.3 is 10.3 Å². The van der Waals surface area contributed by atoms with Crippen LogP contribution in [0.3, 0.4) is 0 Å². The van der Waals surface area contributed by atoms with Crippen LogP contribution in [0.2, 0.25) is 0 Å². The minimum atomic E-state index is -0.245. The van der Waals surface area contributed by atoms with Crippen molar-refractivity contribution in [2.75, 3.05) is 0 Å². The van der Waals surface area contributed by atoms with E-state index in [-0.39, 0.29) is 23.4 Å². The van der Waals surface area contributed by atoms with Crippen molar-refractivity contribution >= 4 is 11.4 Å². The minimum absolute atomic E-state index is 0.0108. The van der Waals surface area contributed by atoms with Crippen LogP contribution in [0.4, 0.5) is 0 Å². The summed E-state index contributed by atoms with van der Waals surface area (Å²) >= 11 is 0. The first-order valence-corrected chi connectivity index (χ1v) is 10.1.